The molecular weight excluding hydrogens is 1230 g/mol. The van der Waals surface area contributed by atoms with Crippen molar-refractivity contribution < 1.29 is 86.5 Å². The number of benzene rings is 2. The molecule has 7 fully saturated rings. The van der Waals surface area contributed by atoms with Gasteiger partial charge in [-0.3, -0.25) is 28.8 Å². The van der Waals surface area contributed by atoms with Gasteiger partial charge in [-0.25, -0.2) is 14.4 Å². The Bertz CT molecular complexity index is 3310. The molecule has 2 aromatic rings. The van der Waals surface area contributed by atoms with Gasteiger partial charge in [-0.2, -0.15) is 0 Å². The molecule has 1 saturated heterocycles. The second-order valence-corrected chi connectivity index (χ2v) is 32.3. The molecule has 6 saturated carbocycles. The van der Waals surface area contributed by atoms with Gasteiger partial charge in [0.15, 0.2) is 5.60 Å². The van der Waals surface area contributed by atoms with Crippen LogP contribution in [0, 0.1) is 74.9 Å². The Labute approximate surface area is 565 Å². The number of rotatable bonds is 20. The van der Waals surface area contributed by atoms with Gasteiger partial charge < -0.3 is 54.0 Å². The summed E-state index contributed by atoms with van der Waals surface area (Å²) in [4.78, 5) is 129. The normalized spacial score (nSPS) is 35.9. The molecule has 1 heterocycles. The number of hydrogen-bond donors (Lipinski definition) is 4. The Morgan fingerprint density at radius 3 is 2.15 bits per heavy atom. The lowest BCUT2D eigenvalue weighted by Crippen LogP contribution is -2.82. The first-order valence-electron chi connectivity index (χ1n) is 35.3. The molecule has 1 aliphatic heterocycles. The molecule has 20 heteroatoms. The minimum absolute atomic E-state index is 0.0275. The van der Waals surface area contributed by atoms with Crippen LogP contribution in [0.25, 0.3) is 0 Å². The van der Waals surface area contributed by atoms with Crippen LogP contribution in [0.5, 0.6) is 0 Å². The van der Waals surface area contributed by atoms with Crippen LogP contribution in [0.4, 0.5) is 4.79 Å². The van der Waals surface area contributed by atoms with Crippen LogP contribution in [0.2, 0.25) is 0 Å². The topological polar surface area (TPSA) is 283 Å². The van der Waals surface area contributed by atoms with Crippen molar-refractivity contribution in [3.63, 3.8) is 0 Å². The molecule has 8 aliphatic rings. The SMILES string of the molecule is CC(=O)OC12COC1CC(O)C1(C)C(=O)C(=O)C3C(C)C(OC(=O)C(OC(=O)CCC(=O)NCC(=O)OC4CCC5(C)C(=CCC6C5CCC5(C)C(C(C)CCCC(C)C)CCC65)C4)C(NC(=O)OC(C)(C)C)c4ccccc4)CC(O)(C(OC(=O)c4ccccc4)C21)C3(C)C. The number of hydrogen-bond acceptors (Lipinski definition) is 18. The number of fused-ring (bicyclic) bond motifs is 10. The van der Waals surface area contributed by atoms with Gasteiger partial charge in [0.1, 0.15) is 48.2 Å². The summed E-state index contributed by atoms with van der Waals surface area (Å²) in [6.45, 7) is 23.2. The number of alkyl carbamates (subject to hydrolysis) is 1. The number of nitrogens with one attached hydrogen (secondary N) is 2. The van der Waals surface area contributed by atoms with Gasteiger partial charge in [-0.15, -0.1) is 0 Å². The number of esters is 5. The van der Waals surface area contributed by atoms with Crippen molar-refractivity contribution in [3.05, 3.63) is 83.4 Å². The molecule has 20 atom stereocenters. The van der Waals surface area contributed by atoms with Crippen molar-refractivity contribution in [1.82, 2.24) is 10.6 Å². The van der Waals surface area contributed by atoms with Crippen LogP contribution in [0.15, 0.2) is 72.3 Å². The van der Waals surface area contributed by atoms with E-state index in [0.29, 0.717) is 30.1 Å². The number of ketones is 2. The summed E-state index contributed by atoms with van der Waals surface area (Å²) in [6.07, 6.45) is 3.05. The van der Waals surface area contributed by atoms with E-state index in [-0.39, 0.29) is 35.7 Å². The largest absolute Gasteiger partial charge is 0.461 e. The van der Waals surface area contributed by atoms with E-state index in [1.165, 1.54) is 90.3 Å². The molecule has 0 spiro atoms. The summed E-state index contributed by atoms with van der Waals surface area (Å²) in [5.41, 5.74) is -7.28. The predicted octanol–water partition coefficient (Wildman–Crippen LogP) is 10.8. The number of Topliss-reactive ketones (excluding diaryl/α,β-unsaturated/α-hetero) is 2. The highest BCUT2D eigenvalue weighted by molar-refractivity contribution is 6.40. The van der Waals surface area contributed by atoms with Crippen molar-refractivity contribution >= 4 is 53.4 Å². The van der Waals surface area contributed by atoms with Crippen molar-refractivity contribution in [2.45, 2.75) is 246 Å². The van der Waals surface area contributed by atoms with Gasteiger partial charge >= 0.3 is 35.9 Å². The van der Waals surface area contributed by atoms with E-state index in [0.717, 1.165) is 43.4 Å². The van der Waals surface area contributed by atoms with Gasteiger partial charge in [-0.1, -0.05) is 135 Å². The van der Waals surface area contributed by atoms with Gasteiger partial charge in [0, 0.05) is 49.9 Å². The van der Waals surface area contributed by atoms with Crippen LogP contribution in [0.3, 0.4) is 0 Å². The second-order valence-electron chi connectivity index (χ2n) is 32.3. The molecule has 7 aliphatic carbocycles. The molecule has 526 valence electrons. The van der Waals surface area contributed by atoms with E-state index in [2.05, 4.69) is 51.3 Å². The second kappa shape index (κ2) is 27.7. The first-order chi connectivity index (χ1) is 45.1. The van der Waals surface area contributed by atoms with Gasteiger partial charge in [0.05, 0.1) is 36.0 Å². The van der Waals surface area contributed by atoms with E-state index in [1.54, 1.807) is 69.3 Å². The van der Waals surface area contributed by atoms with Crippen molar-refractivity contribution in [2.75, 3.05) is 13.2 Å². The van der Waals surface area contributed by atoms with E-state index in [1.807, 2.05) is 0 Å². The lowest BCUT2D eigenvalue weighted by Gasteiger charge is -2.67. The number of amides is 2. The fraction of sp³-hybridized carbons (Fsp3) is 0.697. The van der Waals surface area contributed by atoms with Crippen LogP contribution < -0.4 is 10.6 Å². The fourth-order valence-electron chi connectivity index (χ4n) is 19.6. The lowest BCUT2D eigenvalue weighted by atomic mass is 9.42. The quantitative estimate of drug-likeness (QED) is 0.0415. The number of aliphatic hydroxyl groups is 2. The standard InChI is InChI=1S/C76H104N2O18/c1-42(2)21-20-22-43(3)51-29-30-52-50-28-27-48-37-49(33-35-72(48,11)53(50)34-36-73(51,52)12)91-59(83)40-77-57(81)31-32-58(82)93-63(61(46-23-16-14-17-24-46)78-69(88)96-70(6,7)8)68(87)92-54-39-76(89)66(94-67(86)47-25-18-15-19-26-47)64-74(13,65(85)62(84)60(44(54)4)71(76,9)10)55(80)38-56-75(64,41-90-56)95-45(5)79/h14-19,23-27,42-44,49-56,60-61,63-64,66,80,89H,20-22,28-41H2,1-13H3,(H,77,81)(H,78,88). The third-order valence-corrected chi connectivity index (χ3v) is 24.7. The molecule has 20 unspecified atom stereocenters. The summed E-state index contributed by atoms with van der Waals surface area (Å²) in [7, 11) is 0. The Hall–Kier alpha value is -6.51. The highest BCUT2D eigenvalue weighted by atomic mass is 16.6. The van der Waals surface area contributed by atoms with E-state index >= 15 is 14.4 Å². The maximum atomic E-state index is 15.4. The van der Waals surface area contributed by atoms with Crippen LogP contribution in [-0.4, -0.2) is 130 Å². The number of allylic oxidation sites excluding steroid dienone is 1. The Kier molecular flexibility index (Phi) is 20.8. The Morgan fingerprint density at radius 2 is 1.50 bits per heavy atom. The van der Waals surface area contributed by atoms with Crippen LogP contribution in [0.1, 0.15) is 208 Å². The average Bonchev–Trinajstić information content (AvgIpc) is 0.751. The molecule has 0 radical (unpaired) electrons. The number of carbonyl (C=O) groups excluding carboxylic acids is 9. The van der Waals surface area contributed by atoms with Gasteiger partial charge in [0.25, 0.3) is 0 Å². The highest BCUT2D eigenvalue weighted by Gasteiger charge is 2.79. The lowest BCUT2D eigenvalue weighted by molar-refractivity contribution is -0.350. The van der Waals surface area contributed by atoms with E-state index in [9.17, 15) is 39.0 Å². The van der Waals surface area contributed by atoms with Crippen molar-refractivity contribution in [2.24, 2.45) is 74.9 Å². The molecule has 96 heavy (non-hydrogen) atoms. The van der Waals surface area contributed by atoms with E-state index < -0.39 is 161 Å². The van der Waals surface area contributed by atoms with Gasteiger partial charge in [0.2, 0.25) is 23.6 Å². The molecule has 2 bridgehead atoms. The summed E-state index contributed by atoms with van der Waals surface area (Å²) in [5, 5.41) is 31.3. The zero-order chi connectivity index (χ0) is 69.8. The molecule has 2 aromatic carbocycles. The minimum atomic E-state index is -2.50. The number of aliphatic hydroxyl groups excluding tert-OH is 1. The summed E-state index contributed by atoms with van der Waals surface area (Å²) in [5.74, 6) is -7.82. The zero-order valence-electron chi connectivity index (χ0n) is 58.5. The third-order valence-electron chi connectivity index (χ3n) is 24.7. The molecule has 4 N–H and O–H groups in total. The first kappa shape index (κ1) is 72.2. The summed E-state index contributed by atoms with van der Waals surface area (Å²) in [6, 6.07) is 14.2. The average molecular weight is 1330 g/mol. The summed E-state index contributed by atoms with van der Waals surface area (Å²) >= 11 is 0. The molecule has 2 amide bonds. The van der Waals surface area contributed by atoms with Gasteiger partial charge in [-0.05, 0) is 137 Å². The predicted molar refractivity (Wildman–Crippen MR) is 352 cm³/mol. The number of ether oxygens (including phenoxy) is 7. The fourth-order valence-corrected chi connectivity index (χ4v) is 19.6. The molecule has 10 rings (SSSR count). The number of carbonyl (C=O) groups is 9. The maximum Gasteiger partial charge on any atom is 0.408 e. The Balaban J connectivity index is 0.851. The smallest absolute Gasteiger partial charge is 0.408 e. The maximum absolute atomic E-state index is 15.4. The first-order valence-corrected chi connectivity index (χ1v) is 35.3. The molecule has 20 nitrogen and oxygen atoms in total. The van der Waals surface area contributed by atoms with Crippen LogP contribution >= 0.6 is 0 Å². The Morgan fingerprint density at radius 1 is 0.812 bits per heavy atom. The summed E-state index contributed by atoms with van der Waals surface area (Å²) < 4.78 is 42.5. The third kappa shape index (κ3) is 13.6. The zero-order valence-corrected chi connectivity index (χ0v) is 58.5. The van der Waals surface area contributed by atoms with Crippen LogP contribution in [-0.2, 0) is 66.7 Å². The minimum Gasteiger partial charge on any atom is -0.461 e. The molecule has 0 aromatic heterocycles. The van der Waals surface area contributed by atoms with Crippen molar-refractivity contribution in [1.29, 1.82) is 0 Å². The van der Waals surface area contributed by atoms with Crippen molar-refractivity contribution in [3.8, 4) is 0 Å². The molecular formula is C76H104N2O18. The van der Waals surface area contributed by atoms with E-state index in [4.69, 9.17) is 33.2 Å². The monoisotopic (exact) mass is 1330 g/mol. The highest BCUT2D eigenvalue weighted by Crippen LogP contribution is 2.68.